The number of piperazine rings is 1. The van der Waals surface area contributed by atoms with E-state index < -0.39 is 29.3 Å². The molecule has 1 aliphatic rings. The number of hydrogen-bond donors (Lipinski definition) is 3. The standard InChI is InChI=1S/C26H31ClF2N8O3S/c1-5-31-19(10-15(2)36-6-8-37(9-7-36)22(38)12-30)23(39)34-16(3)25-33-14-20(41-25)24(40)35-21-11-17(26(4,28)29)18(27)13-32-21/h5,10-11,13-14,16H,1,6-9,12,30H2,2-4H3,(H,34,39)(H,32,35,40)/b15-10+,31-19+. The fourth-order valence-electron chi connectivity index (χ4n) is 3.93. The van der Waals surface area contributed by atoms with Gasteiger partial charge in [0.25, 0.3) is 17.7 Å². The summed E-state index contributed by atoms with van der Waals surface area (Å²) in [6.07, 6.45) is 5.26. The zero-order chi connectivity index (χ0) is 30.3. The lowest BCUT2D eigenvalue weighted by Gasteiger charge is -2.36. The first kappa shape index (κ1) is 31.8. The predicted octanol–water partition coefficient (Wildman–Crippen LogP) is 3.32. The van der Waals surface area contributed by atoms with Crippen LogP contribution in [0.1, 0.15) is 47.1 Å². The summed E-state index contributed by atoms with van der Waals surface area (Å²) in [6.45, 7) is 10.0. The summed E-state index contributed by atoms with van der Waals surface area (Å²) in [7, 11) is 0. The Labute approximate surface area is 245 Å². The SMILES string of the molecule is C=C/N=C(\C=C(/C)N1CCN(C(=O)CN)CC1)C(=O)NC(C)c1ncc(C(=O)Nc2cc(C(C)(F)F)c(Cl)cn2)s1. The van der Waals surface area contributed by atoms with E-state index in [0.717, 1.165) is 29.3 Å². The van der Waals surface area contributed by atoms with Gasteiger partial charge in [-0.1, -0.05) is 18.2 Å². The summed E-state index contributed by atoms with van der Waals surface area (Å²) in [4.78, 5) is 53.7. The fraction of sp³-hybridized carbons (Fsp3) is 0.385. The molecule has 0 saturated carbocycles. The predicted molar refractivity (Wildman–Crippen MR) is 154 cm³/mol. The second kappa shape index (κ2) is 13.7. The van der Waals surface area contributed by atoms with Gasteiger partial charge in [-0.2, -0.15) is 0 Å². The number of thiazole rings is 1. The van der Waals surface area contributed by atoms with Gasteiger partial charge in [-0.25, -0.2) is 18.7 Å². The van der Waals surface area contributed by atoms with Crippen molar-refractivity contribution in [2.75, 3.05) is 38.0 Å². The number of aromatic nitrogens is 2. The van der Waals surface area contributed by atoms with E-state index in [-0.39, 0.29) is 33.9 Å². The highest BCUT2D eigenvalue weighted by Crippen LogP contribution is 2.33. The lowest BCUT2D eigenvalue weighted by atomic mass is 10.1. The average Bonchev–Trinajstić information content (AvgIpc) is 3.43. The molecule has 3 heterocycles. The molecular formula is C26H31ClF2N8O3S. The van der Waals surface area contributed by atoms with Crippen molar-refractivity contribution in [3.05, 3.63) is 63.5 Å². The molecule has 11 nitrogen and oxygen atoms in total. The number of rotatable bonds is 10. The second-order valence-corrected chi connectivity index (χ2v) is 10.7. The van der Waals surface area contributed by atoms with Crippen LogP contribution in [-0.4, -0.2) is 75.9 Å². The molecular weight excluding hydrogens is 578 g/mol. The molecule has 0 spiro atoms. The van der Waals surface area contributed by atoms with Crippen LogP contribution in [0.15, 0.2) is 48.0 Å². The second-order valence-electron chi connectivity index (χ2n) is 9.20. The summed E-state index contributed by atoms with van der Waals surface area (Å²) < 4.78 is 27.5. The number of nitrogens with two attached hydrogens (primary N) is 1. The number of allylic oxidation sites excluding steroid dienone is 1. The molecule has 220 valence electrons. The highest BCUT2D eigenvalue weighted by molar-refractivity contribution is 7.13. The molecule has 4 N–H and O–H groups in total. The number of halogens is 3. The minimum absolute atomic E-state index is 0.0323. The van der Waals surface area contributed by atoms with Crippen LogP contribution in [0, 0.1) is 0 Å². The smallest absolute Gasteiger partial charge is 0.272 e. The molecule has 41 heavy (non-hydrogen) atoms. The van der Waals surface area contributed by atoms with Crippen LogP contribution in [0.4, 0.5) is 14.6 Å². The Morgan fingerprint density at radius 1 is 1.24 bits per heavy atom. The molecule has 0 aliphatic carbocycles. The van der Waals surface area contributed by atoms with Crippen molar-refractivity contribution in [3.63, 3.8) is 0 Å². The molecule has 3 rings (SSSR count). The van der Waals surface area contributed by atoms with Crippen LogP contribution in [0.2, 0.25) is 5.02 Å². The lowest BCUT2D eigenvalue weighted by molar-refractivity contribution is -0.131. The van der Waals surface area contributed by atoms with Gasteiger partial charge in [-0.15, -0.1) is 11.3 Å². The molecule has 1 saturated heterocycles. The van der Waals surface area contributed by atoms with Crippen molar-refractivity contribution in [1.82, 2.24) is 25.1 Å². The molecule has 2 aromatic heterocycles. The molecule has 0 aromatic carbocycles. The average molecular weight is 609 g/mol. The van der Waals surface area contributed by atoms with Gasteiger partial charge >= 0.3 is 0 Å². The normalized spacial score (nSPS) is 15.4. The Hall–Kier alpha value is -3.75. The van der Waals surface area contributed by atoms with Gasteiger partial charge in [-0.05, 0) is 26.0 Å². The van der Waals surface area contributed by atoms with Crippen LogP contribution in [0.25, 0.3) is 0 Å². The van der Waals surface area contributed by atoms with E-state index in [4.69, 9.17) is 17.3 Å². The van der Waals surface area contributed by atoms with Crippen LogP contribution in [-0.2, 0) is 15.5 Å². The van der Waals surface area contributed by atoms with Crippen LogP contribution >= 0.6 is 22.9 Å². The van der Waals surface area contributed by atoms with Crippen molar-refractivity contribution < 1.29 is 23.2 Å². The fourth-order valence-corrected chi connectivity index (χ4v) is 5.02. The van der Waals surface area contributed by atoms with E-state index in [1.165, 1.54) is 12.4 Å². The summed E-state index contributed by atoms with van der Waals surface area (Å²) in [5.74, 6) is -4.49. The van der Waals surface area contributed by atoms with Crippen LogP contribution < -0.4 is 16.4 Å². The van der Waals surface area contributed by atoms with Gasteiger partial charge in [0.15, 0.2) is 0 Å². The first-order valence-corrected chi connectivity index (χ1v) is 13.7. The Bertz CT molecular complexity index is 1370. The summed E-state index contributed by atoms with van der Waals surface area (Å²) >= 11 is 6.83. The monoisotopic (exact) mass is 608 g/mol. The quantitative estimate of drug-likeness (QED) is 0.351. The molecule has 1 atom stereocenters. The first-order valence-electron chi connectivity index (χ1n) is 12.6. The maximum Gasteiger partial charge on any atom is 0.272 e. The van der Waals surface area contributed by atoms with E-state index in [1.54, 1.807) is 17.9 Å². The molecule has 2 aromatic rings. The van der Waals surface area contributed by atoms with E-state index >= 15 is 0 Å². The third kappa shape index (κ3) is 8.38. The Balaban J connectivity index is 1.64. The maximum absolute atomic E-state index is 13.8. The summed E-state index contributed by atoms with van der Waals surface area (Å²) in [5.41, 5.74) is 5.90. The van der Waals surface area contributed by atoms with Gasteiger partial charge in [-0.3, -0.25) is 19.4 Å². The van der Waals surface area contributed by atoms with E-state index in [2.05, 4.69) is 32.2 Å². The van der Waals surface area contributed by atoms with E-state index in [1.807, 2.05) is 11.8 Å². The number of nitrogens with one attached hydrogen (secondary N) is 2. The van der Waals surface area contributed by atoms with Crippen molar-refractivity contribution in [3.8, 4) is 0 Å². The number of pyridine rings is 1. The van der Waals surface area contributed by atoms with E-state index in [0.29, 0.717) is 38.1 Å². The third-order valence-electron chi connectivity index (χ3n) is 6.15. The van der Waals surface area contributed by atoms with Crippen molar-refractivity contribution >= 4 is 52.2 Å². The zero-order valence-corrected chi connectivity index (χ0v) is 24.4. The largest absolute Gasteiger partial charge is 0.371 e. The lowest BCUT2D eigenvalue weighted by Crippen LogP contribution is -2.49. The maximum atomic E-state index is 13.8. The topological polar surface area (TPSA) is 146 Å². The number of hydrogen-bond acceptors (Lipinski definition) is 9. The van der Waals surface area contributed by atoms with Crippen LogP contribution in [0.5, 0.6) is 0 Å². The van der Waals surface area contributed by atoms with Gasteiger partial charge in [0, 0.05) is 56.8 Å². The molecule has 1 unspecified atom stereocenters. The van der Waals surface area contributed by atoms with Crippen molar-refractivity contribution in [1.29, 1.82) is 0 Å². The highest BCUT2D eigenvalue weighted by Gasteiger charge is 2.28. The molecule has 15 heteroatoms. The molecule has 1 aliphatic heterocycles. The summed E-state index contributed by atoms with van der Waals surface area (Å²) in [6, 6.07) is 0.434. The first-order chi connectivity index (χ1) is 19.3. The minimum atomic E-state index is -3.22. The number of carbonyl (C=O) groups is 3. The zero-order valence-electron chi connectivity index (χ0n) is 22.8. The third-order valence-corrected chi connectivity index (χ3v) is 7.63. The Kier molecular flexibility index (Phi) is 10.7. The summed E-state index contributed by atoms with van der Waals surface area (Å²) in [5, 5.41) is 5.49. The molecule has 1 fully saturated rings. The van der Waals surface area contributed by atoms with Gasteiger partial charge in [0.2, 0.25) is 5.91 Å². The molecule has 0 bridgehead atoms. The number of carbonyl (C=O) groups excluding carboxylic acids is 3. The number of nitrogens with zero attached hydrogens (tertiary/aromatic N) is 5. The Morgan fingerprint density at radius 2 is 1.90 bits per heavy atom. The minimum Gasteiger partial charge on any atom is -0.371 e. The number of amides is 3. The highest BCUT2D eigenvalue weighted by atomic mass is 35.5. The van der Waals surface area contributed by atoms with Crippen LogP contribution in [0.3, 0.4) is 0 Å². The number of aliphatic imine (C=N–C) groups is 1. The molecule has 3 amide bonds. The van der Waals surface area contributed by atoms with Crippen molar-refractivity contribution in [2.45, 2.75) is 32.7 Å². The van der Waals surface area contributed by atoms with Gasteiger partial charge in [0.05, 0.1) is 23.8 Å². The Morgan fingerprint density at radius 3 is 2.51 bits per heavy atom. The van der Waals surface area contributed by atoms with Gasteiger partial charge in [0.1, 0.15) is 21.4 Å². The number of anilines is 1. The van der Waals surface area contributed by atoms with E-state index in [9.17, 15) is 23.2 Å². The van der Waals surface area contributed by atoms with Crippen molar-refractivity contribution in [2.24, 2.45) is 10.7 Å². The van der Waals surface area contributed by atoms with Gasteiger partial charge < -0.3 is 26.2 Å². The molecule has 0 radical (unpaired) electrons. The number of alkyl halides is 2.